The molecule has 1 aromatic carbocycles. The van der Waals surface area contributed by atoms with Gasteiger partial charge in [-0.25, -0.2) is 4.79 Å². The molecule has 8 heteroatoms. The first kappa shape index (κ1) is 18.9. The molecule has 0 bridgehead atoms. The number of hydrogen-bond donors (Lipinski definition) is 2. The summed E-state index contributed by atoms with van der Waals surface area (Å²) in [5.41, 5.74) is 0.705. The van der Waals surface area contributed by atoms with Crippen molar-refractivity contribution in [2.45, 2.75) is 12.5 Å². The van der Waals surface area contributed by atoms with Gasteiger partial charge in [0.15, 0.2) is 11.5 Å². The van der Waals surface area contributed by atoms with Gasteiger partial charge in [-0.15, -0.1) is 0 Å². The molecule has 1 aliphatic heterocycles. The first-order valence-electron chi connectivity index (χ1n) is 8.19. The highest BCUT2D eigenvalue weighted by molar-refractivity contribution is 5.97. The number of quaternary nitrogens is 1. The molecule has 0 saturated carbocycles. The molecule has 2 N–H and O–H groups in total. The van der Waals surface area contributed by atoms with Crippen LogP contribution in [0.2, 0.25) is 0 Å². The predicted molar refractivity (Wildman–Crippen MR) is 92.5 cm³/mol. The van der Waals surface area contributed by atoms with Crippen LogP contribution in [0.4, 0.5) is 10.5 Å². The Morgan fingerprint density at radius 1 is 1.28 bits per heavy atom. The van der Waals surface area contributed by atoms with E-state index in [1.54, 1.807) is 37.3 Å². The third-order valence-corrected chi connectivity index (χ3v) is 3.96. The second-order valence-electron chi connectivity index (χ2n) is 6.18. The zero-order chi connectivity index (χ0) is 18.4. The van der Waals surface area contributed by atoms with E-state index in [4.69, 9.17) is 14.2 Å². The fraction of sp³-hybridized carbons (Fsp3) is 0.529. The molecule has 0 aliphatic carbocycles. The van der Waals surface area contributed by atoms with Gasteiger partial charge in [0.1, 0.15) is 13.2 Å². The molecule has 2 amide bonds. The van der Waals surface area contributed by atoms with Crippen molar-refractivity contribution in [3.05, 3.63) is 18.2 Å². The average Bonchev–Trinajstić information content (AvgIpc) is 2.94. The molecular weight excluding hydrogens is 326 g/mol. The van der Waals surface area contributed by atoms with Gasteiger partial charge in [0, 0.05) is 24.7 Å². The van der Waals surface area contributed by atoms with Crippen LogP contribution in [0, 0.1) is 0 Å². The summed E-state index contributed by atoms with van der Waals surface area (Å²) in [5, 5.41) is 2.75. The van der Waals surface area contributed by atoms with Crippen molar-refractivity contribution >= 4 is 17.7 Å². The van der Waals surface area contributed by atoms with Crippen molar-refractivity contribution in [3.8, 4) is 11.5 Å². The van der Waals surface area contributed by atoms with Crippen molar-refractivity contribution in [2.75, 3.05) is 52.9 Å². The van der Waals surface area contributed by atoms with Crippen LogP contribution in [0.25, 0.3) is 0 Å². The van der Waals surface area contributed by atoms with Gasteiger partial charge in [-0.05, 0) is 12.1 Å². The summed E-state index contributed by atoms with van der Waals surface area (Å²) in [4.78, 5) is 26.9. The zero-order valence-corrected chi connectivity index (χ0v) is 15.1. The number of hydrogen-bond acceptors (Lipinski definition) is 5. The maximum absolute atomic E-state index is 12.3. The molecule has 1 aromatic rings. The van der Waals surface area contributed by atoms with E-state index in [2.05, 4.69) is 5.32 Å². The maximum atomic E-state index is 12.3. The van der Waals surface area contributed by atoms with Crippen molar-refractivity contribution in [1.82, 2.24) is 5.32 Å². The molecule has 0 aromatic heterocycles. The van der Waals surface area contributed by atoms with Crippen molar-refractivity contribution in [3.63, 3.8) is 0 Å². The number of rotatable bonds is 7. The first-order chi connectivity index (χ1) is 11.9. The van der Waals surface area contributed by atoms with Gasteiger partial charge in [-0.1, -0.05) is 0 Å². The molecule has 25 heavy (non-hydrogen) atoms. The van der Waals surface area contributed by atoms with Crippen molar-refractivity contribution < 1.29 is 28.7 Å². The molecule has 138 valence electrons. The van der Waals surface area contributed by atoms with Crippen LogP contribution in [0.3, 0.4) is 0 Å². The van der Waals surface area contributed by atoms with Crippen molar-refractivity contribution in [2.24, 2.45) is 0 Å². The highest BCUT2D eigenvalue weighted by Gasteiger charge is 2.32. The number of alkyl carbamates (subject to hydrolysis) is 1. The van der Waals surface area contributed by atoms with Crippen LogP contribution in [-0.2, 0) is 9.53 Å². The van der Waals surface area contributed by atoms with E-state index in [0.29, 0.717) is 30.3 Å². The fourth-order valence-corrected chi connectivity index (χ4v) is 2.60. The third kappa shape index (κ3) is 4.99. The standard InChI is InChI=1S/C17H25N3O5/c1-19(2)7-8-25-17(22)18-12-9-16(21)20(11-12)13-5-6-14(23-3)15(10-13)24-4/h5-6,10,12H,7-9,11H2,1-4H3,(H,18,22)/p+1/t12-/m0/s1. The maximum Gasteiger partial charge on any atom is 0.407 e. The fourth-order valence-electron chi connectivity index (χ4n) is 2.60. The summed E-state index contributed by atoms with van der Waals surface area (Å²) in [6.45, 7) is 1.46. The lowest BCUT2D eigenvalue weighted by atomic mass is 10.2. The molecular formula is C17H26N3O5+. The highest BCUT2D eigenvalue weighted by Crippen LogP contribution is 2.33. The minimum atomic E-state index is -0.492. The average molecular weight is 352 g/mol. The number of nitrogens with zero attached hydrogens (tertiary/aromatic N) is 1. The molecule has 1 atom stereocenters. The van der Waals surface area contributed by atoms with Gasteiger partial charge in [0.05, 0.1) is 34.4 Å². The second kappa shape index (κ2) is 8.57. The molecule has 1 heterocycles. The third-order valence-electron chi connectivity index (χ3n) is 3.96. The highest BCUT2D eigenvalue weighted by atomic mass is 16.5. The normalized spacial score (nSPS) is 16.9. The summed E-state index contributed by atoms with van der Waals surface area (Å²) in [6, 6.07) is 5.01. The first-order valence-corrected chi connectivity index (χ1v) is 8.19. The van der Waals surface area contributed by atoms with Crippen LogP contribution >= 0.6 is 0 Å². The zero-order valence-electron chi connectivity index (χ0n) is 15.1. The topological polar surface area (TPSA) is 81.5 Å². The molecule has 0 unspecified atom stereocenters. The minimum Gasteiger partial charge on any atom is -0.493 e. The minimum absolute atomic E-state index is 0.0599. The van der Waals surface area contributed by atoms with Gasteiger partial charge in [0.25, 0.3) is 0 Å². The Bertz CT molecular complexity index is 620. The quantitative estimate of drug-likeness (QED) is 0.703. The predicted octanol–water partition coefficient (Wildman–Crippen LogP) is -0.320. The number of carbonyl (C=O) groups excluding carboxylic acids is 2. The number of carbonyl (C=O) groups is 2. The number of methoxy groups -OCH3 is 2. The number of nitrogens with one attached hydrogen (secondary N) is 2. The van der Waals surface area contributed by atoms with E-state index >= 15 is 0 Å². The molecule has 8 nitrogen and oxygen atoms in total. The van der Waals surface area contributed by atoms with E-state index in [1.165, 1.54) is 4.90 Å². The Morgan fingerprint density at radius 2 is 2.00 bits per heavy atom. The lowest BCUT2D eigenvalue weighted by Crippen LogP contribution is -3.06. The van der Waals surface area contributed by atoms with Crippen LogP contribution in [0.15, 0.2) is 18.2 Å². The van der Waals surface area contributed by atoms with Crippen molar-refractivity contribution in [1.29, 1.82) is 0 Å². The number of likely N-dealkylation sites (N-methyl/N-ethyl adjacent to an activating group) is 1. The number of anilines is 1. The molecule has 0 spiro atoms. The van der Waals surface area contributed by atoms with E-state index in [1.807, 2.05) is 14.1 Å². The van der Waals surface area contributed by atoms with Gasteiger partial charge in [0.2, 0.25) is 5.91 Å². The smallest absolute Gasteiger partial charge is 0.407 e. The van der Waals surface area contributed by atoms with E-state index in [0.717, 1.165) is 6.54 Å². The Morgan fingerprint density at radius 3 is 2.64 bits per heavy atom. The summed E-state index contributed by atoms with van der Waals surface area (Å²) in [7, 11) is 7.07. The Hall–Kier alpha value is -2.48. The van der Waals surface area contributed by atoms with Gasteiger partial charge >= 0.3 is 6.09 Å². The van der Waals surface area contributed by atoms with Crippen LogP contribution < -0.4 is 24.6 Å². The lowest BCUT2D eigenvalue weighted by Gasteiger charge is -2.19. The SMILES string of the molecule is COc1ccc(N2C[C@@H](NC(=O)OCC[NH+](C)C)CC2=O)cc1OC. The molecule has 1 aliphatic rings. The molecule has 2 rings (SSSR count). The summed E-state index contributed by atoms with van der Waals surface area (Å²) in [5.74, 6) is 1.09. The lowest BCUT2D eigenvalue weighted by molar-refractivity contribution is -0.858. The second-order valence-corrected chi connectivity index (χ2v) is 6.18. The Kier molecular flexibility index (Phi) is 6.46. The Labute approximate surface area is 147 Å². The number of ether oxygens (including phenoxy) is 3. The largest absolute Gasteiger partial charge is 0.493 e. The van der Waals surface area contributed by atoms with E-state index < -0.39 is 6.09 Å². The van der Waals surface area contributed by atoms with E-state index in [9.17, 15) is 9.59 Å². The summed E-state index contributed by atoms with van der Waals surface area (Å²) >= 11 is 0. The Balaban J connectivity index is 1.95. The monoisotopic (exact) mass is 352 g/mol. The number of amides is 2. The van der Waals surface area contributed by atoms with Gasteiger partial charge < -0.3 is 29.3 Å². The molecule has 1 fully saturated rings. The molecule has 1 saturated heterocycles. The number of benzene rings is 1. The van der Waals surface area contributed by atoms with Crippen LogP contribution in [0.5, 0.6) is 11.5 Å². The van der Waals surface area contributed by atoms with Gasteiger partial charge in [-0.3, -0.25) is 4.79 Å². The van der Waals surface area contributed by atoms with Gasteiger partial charge in [-0.2, -0.15) is 0 Å². The summed E-state index contributed by atoms with van der Waals surface area (Å²) in [6.07, 6.45) is -0.254. The molecule has 0 radical (unpaired) electrons. The van der Waals surface area contributed by atoms with E-state index in [-0.39, 0.29) is 18.4 Å². The summed E-state index contributed by atoms with van der Waals surface area (Å²) < 4.78 is 15.6. The van der Waals surface area contributed by atoms with Crippen LogP contribution in [0.1, 0.15) is 6.42 Å². The van der Waals surface area contributed by atoms with Crippen LogP contribution in [-0.4, -0.2) is 66.1 Å².